The molecule has 0 unspecified atom stereocenters. The largest absolute Gasteiger partial charge is 0.462 e. The van der Waals surface area contributed by atoms with Gasteiger partial charge in [0, 0.05) is 6.20 Å². The third-order valence-corrected chi connectivity index (χ3v) is 2.92. The van der Waals surface area contributed by atoms with Gasteiger partial charge in [0.25, 0.3) is 0 Å². The number of esters is 1. The van der Waals surface area contributed by atoms with Gasteiger partial charge < -0.3 is 10.5 Å². The number of aromatic nitrogens is 2. The molecule has 2 rings (SSSR count). The lowest BCUT2D eigenvalue weighted by molar-refractivity contribution is 0.0527. The van der Waals surface area contributed by atoms with Crippen LogP contribution in [0.2, 0.25) is 0 Å². The van der Waals surface area contributed by atoms with Gasteiger partial charge in [0.15, 0.2) is 5.82 Å². The van der Waals surface area contributed by atoms with Crippen molar-refractivity contribution in [1.29, 1.82) is 0 Å². The summed E-state index contributed by atoms with van der Waals surface area (Å²) in [4.78, 5) is 20.6. The van der Waals surface area contributed by atoms with Crippen LogP contribution in [0, 0.1) is 0 Å². The smallest absolute Gasteiger partial charge is 0.343 e. The molecular weight excluding hydrogens is 238 g/mol. The summed E-state index contributed by atoms with van der Waals surface area (Å²) in [5.74, 6) is 0.162. The summed E-state index contributed by atoms with van der Waals surface area (Å²) < 4.78 is 4.84. The number of ether oxygens (including phenoxy) is 1. The Labute approximate surface area is 102 Å². The van der Waals surface area contributed by atoms with Crippen LogP contribution in [0.4, 0.5) is 5.82 Å². The highest BCUT2D eigenvalue weighted by Crippen LogP contribution is 2.22. The molecule has 0 radical (unpaired) electrons. The van der Waals surface area contributed by atoms with E-state index in [-0.39, 0.29) is 11.4 Å². The molecule has 2 heterocycles. The number of nitrogen functional groups attached to an aromatic ring is 1. The molecule has 0 saturated heterocycles. The first-order valence-electron chi connectivity index (χ1n) is 5.06. The van der Waals surface area contributed by atoms with E-state index in [1.807, 2.05) is 17.5 Å². The average molecular weight is 249 g/mol. The van der Waals surface area contributed by atoms with Crippen LogP contribution in [0.25, 0.3) is 10.7 Å². The molecule has 0 spiro atoms. The fraction of sp³-hybridized carbons (Fsp3) is 0.182. The van der Waals surface area contributed by atoms with Gasteiger partial charge >= 0.3 is 5.97 Å². The van der Waals surface area contributed by atoms with Crippen LogP contribution in [-0.4, -0.2) is 22.5 Å². The summed E-state index contributed by atoms with van der Waals surface area (Å²) in [5.41, 5.74) is 5.91. The minimum atomic E-state index is -0.497. The monoisotopic (exact) mass is 249 g/mol. The van der Waals surface area contributed by atoms with Crippen LogP contribution in [0.5, 0.6) is 0 Å². The second-order valence-electron chi connectivity index (χ2n) is 3.19. The maximum Gasteiger partial charge on any atom is 0.343 e. The maximum absolute atomic E-state index is 11.5. The topological polar surface area (TPSA) is 78.1 Å². The number of carbonyl (C=O) groups excluding carboxylic acids is 1. The zero-order chi connectivity index (χ0) is 12.3. The predicted molar refractivity (Wildman–Crippen MR) is 65.7 cm³/mol. The lowest BCUT2D eigenvalue weighted by atomic mass is 10.3. The Bertz CT molecular complexity index is 526. The number of carbonyl (C=O) groups is 1. The van der Waals surface area contributed by atoms with Gasteiger partial charge in [-0.1, -0.05) is 6.07 Å². The second kappa shape index (κ2) is 4.92. The van der Waals surface area contributed by atoms with Crippen molar-refractivity contribution < 1.29 is 9.53 Å². The zero-order valence-electron chi connectivity index (χ0n) is 9.21. The Morgan fingerprint density at radius 3 is 3.00 bits per heavy atom. The van der Waals surface area contributed by atoms with E-state index in [9.17, 15) is 4.79 Å². The normalized spacial score (nSPS) is 10.2. The van der Waals surface area contributed by atoms with Gasteiger partial charge in [0.2, 0.25) is 0 Å². The molecule has 0 aromatic carbocycles. The van der Waals surface area contributed by atoms with E-state index < -0.39 is 5.97 Å². The van der Waals surface area contributed by atoms with Crippen molar-refractivity contribution in [3.8, 4) is 10.7 Å². The quantitative estimate of drug-likeness (QED) is 0.841. The number of rotatable bonds is 3. The van der Waals surface area contributed by atoms with Gasteiger partial charge in [-0.25, -0.2) is 14.8 Å². The molecule has 2 aromatic heterocycles. The number of nitrogens with two attached hydrogens (primary N) is 1. The lowest BCUT2D eigenvalue weighted by Gasteiger charge is -2.04. The van der Waals surface area contributed by atoms with E-state index >= 15 is 0 Å². The molecule has 0 aliphatic heterocycles. The summed E-state index contributed by atoms with van der Waals surface area (Å²) in [6, 6.07) is 3.79. The third kappa shape index (κ3) is 2.42. The Kier molecular flexibility index (Phi) is 3.34. The van der Waals surface area contributed by atoms with E-state index in [1.54, 1.807) is 6.92 Å². The maximum atomic E-state index is 11.5. The van der Waals surface area contributed by atoms with Crippen molar-refractivity contribution in [2.75, 3.05) is 12.3 Å². The Balaban J connectivity index is 2.32. The lowest BCUT2D eigenvalue weighted by Crippen LogP contribution is -2.10. The minimum absolute atomic E-state index is 0.141. The molecule has 5 nitrogen and oxygen atoms in total. The van der Waals surface area contributed by atoms with Crippen LogP contribution in [0.3, 0.4) is 0 Å². The van der Waals surface area contributed by atoms with Gasteiger partial charge in [-0.15, -0.1) is 11.3 Å². The number of anilines is 1. The Hall–Kier alpha value is -1.95. The van der Waals surface area contributed by atoms with Crippen molar-refractivity contribution in [2.24, 2.45) is 0 Å². The van der Waals surface area contributed by atoms with Crippen molar-refractivity contribution in [3.05, 3.63) is 29.3 Å². The van der Waals surface area contributed by atoms with Gasteiger partial charge in [0.1, 0.15) is 11.4 Å². The first-order chi connectivity index (χ1) is 8.22. The standard InChI is InChI=1S/C11H11N3O2S/c1-2-16-11(15)7-6-13-10(14-9(7)12)8-4-3-5-17-8/h3-6H,2H2,1H3,(H2,12,13,14). The second-order valence-corrected chi connectivity index (χ2v) is 4.14. The highest BCUT2D eigenvalue weighted by molar-refractivity contribution is 7.13. The van der Waals surface area contributed by atoms with Crippen LogP contribution in [-0.2, 0) is 4.74 Å². The number of hydrogen-bond donors (Lipinski definition) is 1. The van der Waals surface area contributed by atoms with Crippen molar-refractivity contribution in [1.82, 2.24) is 9.97 Å². The Morgan fingerprint density at radius 2 is 2.41 bits per heavy atom. The summed E-state index contributed by atoms with van der Waals surface area (Å²) in [7, 11) is 0. The first-order valence-corrected chi connectivity index (χ1v) is 5.94. The molecule has 2 N–H and O–H groups in total. The molecule has 0 aliphatic carbocycles. The molecule has 6 heteroatoms. The van der Waals surface area contributed by atoms with Crippen LogP contribution in [0.1, 0.15) is 17.3 Å². The molecule has 0 fully saturated rings. The van der Waals surface area contributed by atoms with Crippen molar-refractivity contribution in [2.45, 2.75) is 6.92 Å². The molecule has 2 aromatic rings. The van der Waals surface area contributed by atoms with Gasteiger partial charge in [-0.3, -0.25) is 0 Å². The SMILES string of the molecule is CCOC(=O)c1cnc(-c2cccs2)nc1N. The van der Waals surface area contributed by atoms with Gasteiger partial charge in [0.05, 0.1) is 11.5 Å². The average Bonchev–Trinajstić information content (AvgIpc) is 2.82. The van der Waals surface area contributed by atoms with Gasteiger partial charge in [-0.2, -0.15) is 0 Å². The summed E-state index contributed by atoms with van der Waals surface area (Å²) in [6.45, 7) is 2.03. The van der Waals surface area contributed by atoms with E-state index in [2.05, 4.69) is 9.97 Å². The molecule has 0 saturated carbocycles. The summed E-state index contributed by atoms with van der Waals surface area (Å²) in [5, 5.41) is 1.92. The molecule has 17 heavy (non-hydrogen) atoms. The summed E-state index contributed by atoms with van der Waals surface area (Å²) >= 11 is 1.51. The van der Waals surface area contributed by atoms with Crippen LogP contribution in [0.15, 0.2) is 23.7 Å². The predicted octanol–water partition coefficient (Wildman–Crippen LogP) is 1.96. The van der Waals surface area contributed by atoms with E-state index in [1.165, 1.54) is 17.5 Å². The minimum Gasteiger partial charge on any atom is -0.462 e. The van der Waals surface area contributed by atoms with E-state index in [4.69, 9.17) is 10.5 Å². The van der Waals surface area contributed by atoms with Crippen LogP contribution >= 0.6 is 11.3 Å². The van der Waals surface area contributed by atoms with E-state index in [0.717, 1.165) is 4.88 Å². The number of hydrogen-bond acceptors (Lipinski definition) is 6. The molecule has 88 valence electrons. The molecular formula is C11H11N3O2S. The summed E-state index contributed by atoms with van der Waals surface area (Å²) in [6.07, 6.45) is 1.40. The molecule has 0 amide bonds. The molecule has 0 aliphatic rings. The third-order valence-electron chi connectivity index (χ3n) is 2.06. The Morgan fingerprint density at radius 1 is 1.59 bits per heavy atom. The fourth-order valence-electron chi connectivity index (χ4n) is 1.29. The molecule has 0 bridgehead atoms. The number of thiophene rings is 1. The van der Waals surface area contributed by atoms with Crippen molar-refractivity contribution >= 4 is 23.1 Å². The highest BCUT2D eigenvalue weighted by Gasteiger charge is 2.14. The number of nitrogens with zero attached hydrogens (tertiary/aromatic N) is 2. The highest BCUT2D eigenvalue weighted by atomic mass is 32.1. The van der Waals surface area contributed by atoms with Crippen LogP contribution < -0.4 is 5.73 Å². The van der Waals surface area contributed by atoms with Crippen molar-refractivity contribution in [3.63, 3.8) is 0 Å². The molecule has 0 atom stereocenters. The van der Waals surface area contributed by atoms with Gasteiger partial charge in [-0.05, 0) is 18.4 Å². The fourth-order valence-corrected chi connectivity index (χ4v) is 1.95. The zero-order valence-corrected chi connectivity index (χ0v) is 10.0. The van der Waals surface area contributed by atoms with E-state index in [0.29, 0.717) is 12.4 Å². The first kappa shape index (κ1) is 11.5.